The van der Waals surface area contributed by atoms with Crippen molar-refractivity contribution in [3.05, 3.63) is 83.7 Å². The van der Waals surface area contributed by atoms with E-state index in [2.05, 4.69) is 51.4 Å². The SMILES string of the molecule is Cc1ccc(N2CCN(S(=O)(=O)c3c(C)nn(-c4ccc(-c5ccccc5)nn4)c3C)CC2)cc1. The van der Waals surface area contributed by atoms with E-state index >= 15 is 0 Å². The van der Waals surface area contributed by atoms with E-state index in [1.54, 1.807) is 22.8 Å². The lowest BCUT2D eigenvalue weighted by Gasteiger charge is -2.35. The van der Waals surface area contributed by atoms with Crippen LogP contribution in [0, 0.1) is 20.8 Å². The van der Waals surface area contributed by atoms with Crippen molar-refractivity contribution in [2.24, 2.45) is 0 Å². The van der Waals surface area contributed by atoms with Gasteiger partial charge in [-0.3, -0.25) is 0 Å². The fourth-order valence-corrected chi connectivity index (χ4v) is 6.27. The molecule has 180 valence electrons. The smallest absolute Gasteiger partial charge is 0.246 e. The molecular weight excluding hydrogens is 460 g/mol. The number of sulfonamides is 1. The second kappa shape index (κ2) is 9.24. The Hall–Kier alpha value is -3.56. The molecule has 1 fully saturated rings. The molecule has 2 aromatic carbocycles. The van der Waals surface area contributed by atoms with E-state index in [9.17, 15) is 8.42 Å². The molecule has 0 N–H and O–H groups in total. The molecule has 0 saturated carbocycles. The van der Waals surface area contributed by atoms with E-state index in [1.165, 1.54) is 5.56 Å². The predicted octanol–water partition coefficient (Wildman–Crippen LogP) is 3.77. The van der Waals surface area contributed by atoms with E-state index < -0.39 is 10.0 Å². The molecule has 3 heterocycles. The van der Waals surface area contributed by atoms with Crippen molar-refractivity contribution in [2.45, 2.75) is 25.7 Å². The minimum atomic E-state index is -3.70. The summed E-state index contributed by atoms with van der Waals surface area (Å²) in [6, 6.07) is 21.8. The zero-order chi connectivity index (χ0) is 24.6. The Kier molecular flexibility index (Phi) is 6.12. The van der Waals surface area contributed by atoms with Gasteiger partial charge in [0, 0.05) is 37.4 Å². The summed E-state index contributed by atoms with van der Waals surface area (Å²) in [7, 11) is -3.70. The lowest BCUT2D eigenvalue weighted by atomic mass is 10.1. The summed E-state index contributed by atoms with van der Waals surface area (Å²) in [4.78, 5) is 2.47. The van der Waals surface area contributed by atoms with Gasteiger partial charge in [-0.05, 0) is 45.0 Å². The summed E-state index contributed by atoms with van der Waals surface area (Å²) in [6.45, 7) is 7.68. The Morgan fingerprint density at radius 2 is 1.46 bits per heavy atom. The van der Waals surface area contributed by atoms with Gasteiger partial charge in [-0.15, -0.1) is 10.2 Å². The number of anilines is 1. The molecule has 0 radical (unpaired) electrons. The summed E-state index contributed by atoms with van der Waals surface area (Å²) in [5.41, 5.74) is 5.02. The molecular formula is C26H28N6O2S. The fourth-order valence-electron chi connectivity index (χ4n) is 4.50. The van der Waals surface area contributed by atoms with Crippen LogP contribution in [0.25, 0.3) is 17.1 Å². The number of nitrogens with zero attached hydrogens (tertiary/aromatic N) is 6. The van der Waals surface area contributed by atoms with Crippen LogP contribution in [0.15, 0.2) is 71.6 Å². The first-order chi connectivity index (χ1) is 16.8. The maximum atomic E-state index is 13.6. The monoisotopic (exact) mass is 488 g/mol. The largest absolute Gasteiger partial charge is 0.369 e. The minimum absolute atomic E-state index is 0.246. The van der Waals surface area contributed by atoms with Gasteiger partial charge in [0.15, 0.2) is 5.82 Å². The lowest BCUT2D eigenvalue weighted by molar-refractivity contribution is 0.384. The van der Waals surface area contributed by atoms with Crippen LogP contribution in [-0.2, 0) is 10.0 Å². The number of rotatable bonds is 5. The summed E-state index contributed by atoms with van der Waals surface area (Å²) in [5, 5.41) is 13.2. The molecule has 1 aliphatic heterocycles. The third kappa shape index (κ3) is 4.44. The highest BCUT2D eigenvalue weighted by Crippen LogP contribution is 2.27. The lowest BCUT2D eigenvalue weighted by Crippen LogP contribution is -2.48. The van der Waals surface area contributed by atoms with Crippen LogP contribution < -0.4 is 4.90 Å². The summed E-state index contributed by atoms with van der Waals surface area (Å²) in [5.74, 6) is 0.482. The van der Waals surface area contributed by atoms with Crippen molar-refractivity contribution in [3.63, 3.8) is 0 Å². The molecule has 8 nitrogen and oxygen atoms in total. The molecule has 5 rings (SSSR count). The van der Waals surface area contributed by atoms with E-state index in [0.717, 1.165) is 16.9 Å². The zero-order valence-corrected chi connectivity index (χ0v) is 20.9. The Labute approximate surface area is 205 Å². The van der Waals surface area contributed by atoms with Crippen LogP contribution in [0.5, 0.6) is 0 Å². The second-order valence-corrected chi connectivity index (χ2v) is 10.7. The highest BCUT2D eigenvalue weighted by Gasteiger charge is 2.33. The maximum Gasteiger partial charge on any atom is 0.246 e. The van der Waals surface area contributed by atoms with Crippen LogP contribution in [0.4, 0.5) is 5.69 Å². The Morgan fingerprint density at radius 3 is 2.09 bits per heavy atom. The van der Waals surface area contributed by atoms with Gasteiger partial charge in [-0.25, -0.2) is 13.1 Å². The van der Waals surface area contributed by atoms with Crippen LogP contribution >= 0.6 is 0 Å². The first-order valence-electron chi connectivity index (χ1n) is 11.6. The maximum absolute atomic E-state index is 13.6. The highest BCUT2D eigenvalue weighted by atomic mass is 32.2. The minimum Gasteiger partial charge on any atom is -0.369 e. The number of aromatic nitrogens is 4. The summed E-state index contributed by atoms with van der Waals surface area (Å²) >= 11 is 0. The van der Waals surface area contributed by atoms with Crippen molar-refractivity contribution in [3.8, 4) is 17.1 Å². The first kappa shape index (κ1) is 23.2. The molecule has 0 amide bonds. The van der Waals surface area contributed by atoms with Crippen LogP contribution in [0.3, 0.4) is 0 Å². The van der Waals surface area contributed by atoms with Gasteiger partial charge in [0.2, 0.25) is 10.0 Å². The van der Waals surface area contributed by atoms with Crippen LogP contribution in [-0.4, -0.2) is 58.9 Å². The predicted molar refractivity (Wildman–Crippen MR) is 136 cm³/mol. The third-order valence-electron chi connectivity index (χ3n) is 6.40. The quantitative estimate of drug-likeness (QED) is 0.425. The number of hydrogen-bond donors (Lipinski definition) is 0. The normalized spacial score (nSPS) is 14.9. The molecule has 2 aromatic heterocycles. The molecule has 0 unspecified atom stereocenters. The van der Waals surface area contributed by atoms with Crippen LogP contribution in [0.2, 0.25) is 0 Å². The van der Waals surface area contributed by atoms with Gasteiger partial charge in [0.05, 0.1) is 17.1 Å². The second-order valence-electron chi connectivity index (χ2n) is 8.78. The van der Waals surface area contributed by atoms with E-state index in [1.807, 2.05) is 42.5 Å². The average molecular weight is 489 g/mol. The van der Waals surface area contributed by atoms with Crippen molar-refractivity contribution >= 4 is 15.7 Å². The summed E-state index contributed by atoms with van der Waals surface area (Å²) in [6.07, 6.45) is 0. The van der Waals surface area contributed by atoms with Crippen molar-refractivity contribution in [2.75, 3.05) is 31.1 Å². The van der Waals surface area contributed by atoms with Crippen LogP contribution in [0.1, 0.15) is 17.0 Å². The Balaban J connectivity index is 1.37. The molecule has 0 atom stereocenters. The molecule has 4 aromatic rings. The molecule has 1 aliphatic rings. The molecule has 9 heteroatoms. The Morgan fingerprint density at radius 1 is 0.771 bits per heavy atom. The first-order valence-corrected chi connectivity index (χ1v) is 13.1. The zero-order valence-electron chi connectivity index (χ0n) is 20.1. The van der Waals surface area contributed by atoms with Gasteiger partial charge in [-0.1, -0.05) is 48.0 Å². The topological polar surface area (TPSA) is 84.2 Å². The van der Waals surface area contributed by atoms with E-state index in [0.29, 0.717) is 43.4 Å². The average Bonchev–Trinajstić information content (AvgIpc) is 3.19. The summed E-state index contributed by atoms with van der Waals surface area (Å²) < 4.78 is 30.4. The van der Waals surface area contributed by atoms with Gasteiger partial charge in [-0.2, -0.15) is 9.40 Å². The van der Waals surface area contributed by atoms with Gasteiger partial charge in [0.1, 0.15) is 4.90 Å². The number of aryl methyl sites for hydroxylation is 2. The standard InChI is InChI=1S/C26H28N6O2S/c1-19-9-11-23(12-10-19)30-15-17-31(18-16-30)35(33,34)26-20(2)29-32(21(26)3)25-14-13-24(27-28-25)22-7-5-4-6-8-22/h4-14H,15-18H2,1-3H3. The number of benzene rings is 2. The molecule has 0 bridgehead atoms. The molecule has 0 aliphatic carbocycles. The van der Waals surface area contributed by atoms with E-state index in [4.69, 9.17) is 0 Å². The van der Waals surface area contributed by atoms with Gasteiger partial charge >= 0.3 is 0 Å². The molecule has 0 spiro atoms. The van der Waals surface area contributed by atoms with E-state index in [-0.39, 0.29) is 4.90 Å². The molecule has 1 saturated heterocycles. The van der Waals surface area contributed by atoms with Gasteiger partial charge < -0.3 is 4.90 Å². The van der Waals surface area contributed by atoms with Gasteiger partial charge in [0.25, 0.3) is 0 Å². The highest BCUT2D eigenvalue weighted by molar-refractivity contribution is 7.89. The molecule has 35 heavy (non-hydrogen) atoms. The number of piperazine rings is 1. The third-order valence-corrected chi connectivity index (χ3v) is 8.55. The van der Waals surface area contributed by atoms with Crippen molar-refractivity contribution in [1.29, 1.82) is 0 Å². The fraction of sp³-hybridized carbons (Fsp3) is 0.269. The Bertz CT molecular complexity index is 1420. The number of hydrogen-bond acceptors (Lipinski definition) is 6. The van der Waals surface area contributed by atoms with Crippen molar-refractivity contribution < 1.29 is 8.42 Å². The van der Waals surface area contributed by atoms with Crippen molar-refractivity contribution in [1.82, 2.24) is 24.3 Å².